The summed E-state index contributed by atoms with van der Waals surface area (Å²) in [5, 5.41) is 2.59. The third-order valence-electron chi connectivity index (χ3n) is 2.67. The van der Waals surface area contributed by atoms with E-state index in [2.05, 4.69) is 9.71 Å². The van der Waals surface area contributed by atoms with Crippen molar-refractivity contribution in [1.82, 2.24) is 9.71 Å². The van der Waals surface area contributed by atoms with E-state index in [1.165, 1.54) is 18.4 Å². The predicted molar refractivity (Wildman–Crippen MR) is 78.2 cm³/mol. The molecule has 1 aromatic heterocycles. The molecule has 0 unspecified atom stereocenters. The van der Waals surface area contributed by atoms with Gasteiger partial charge in [0.15, 0.2) is 11.6 Å². The second kappa shape index (κ2) is 5.96. The maximum Gasteiger partial charge on any atom is 0.241 e. The minimum atomic E-state index is -3.88. The Morgan fingerprint density at radius 2 is 2.19 bits per heavy atom. The Balaban J connectivity index is 2.23. The largest absolute Gasteiger partial charge is 0.492 e. The topological polar surface area (TPSA) is 94.3 Å². The lowest BCUT2D eigenvalue weighted by molar-refractivity contribution is 0.388. The number of nitrogens with two attached hydrogens (primary N) is 1. The zero-order chi connectivity index (χ0) is 15.6. The van der Waals surface area contributed by atoms with E-state index in [0.29, 0.717) is 5.69 Å². The number of aryl methyl sites for hydroxylation is 1. The van der Waals surface area contributed by atoms with E-state index in [9.17, 15) is 12.8 Å². The van der Waals surface area contributed by atoms with Crippen LogP contribution >= 0.6 is 11.3 Å². The number of ether oxygens (including phenoxy) is 1. The number of nitrogens with one attached hydrogen (secondary N) is 1. The van der Waals surface area contributed by atoms with Gasteiger partial charge in [0.05, 0.1) is 34.9 Å². The fourth-order valence-electron chi connectivity index (χ4n) is 1.70. The predicted octanol–water partition coefficient (Wildman–Crippen LogP) is 1.66. The van der Waals surface area contributed by atoms with Crippen molar-refractivity contribution in [3.8, 4) is 5.75 Å². The number of halogens is 1. The second-order valence-electron chi connectivity index (χ2n) is 4.21. The van der Waals surface area contributed by atoms with Crippen molar-refractivity contribution in [3.63, 3.8) is 0 Å². The summed E-state index contributed by atoms with van der Waals surface area (Å²) >= 11 is 1.42. The van der Waals surface area contributed by atoms with E-state index in [-0.39, 0.29) is 22.9 Å². The summed E-state index contributed by atoms with van der Waals surface area (Å²) in [6, 6.07) is 2.01. The number of rotatable bonds is 5. The molecule has 0 aliphatic heterocycles. The van der Waals surface area contributed by atoms with Crippen LogP contribution in [0.1, 0.15) is 10.7 Å². The highest BCUT2D eigenvalue weighted by Crippen LogP contribution is 2.28. The molecule has 0 saturated carbocycles. The number of benzene rings is 1. The molecule has 0 radical (unpaired) electrons. The van der Waals surface area contributed by atoms with Gasteiger partial charge in [-0.15, -0.1) is 11.3 Å². The lowest BCUT2D eigenvalue weighted by Crippen LogP contribution is -2.23. The quantitative estimate of drug-likeness (QED) is 0.813. The summed E-state index contributed by atoms with van der Waals surface area (Å²) in [4.78, 5) is 3.88. The van der Waals surface area contributed by atoms with Gasteiger partial charge in [-0.3, -0.25) is 0 Å². The maximum absolute atomic E-state index is 13.7. The van der Waals surface area contributed by atoms with Gasteiger partial charge in [0.1, 0.15) is 0 Å². The smallest absolute Gasteiger partial charge is 0.241 e. The molecule has 1 heterocycles. The molecule has 0 bridgehead atoms. The van der Waals surface area contributed by atoms with E-state index in [1.54, 1.807) is 5.38 Å². The Kier molecular flexibility index (Phi) is 4.45. The first-order valence-electron chi connectivity index (χ1n) is 5.87. The number of sulfonamides is 1. The molecule has 9 heteroatoms. The van der Waals surface area contributed by atoms with Gasteiger partial charge in [-0.2, -0.15) is 0 Å². The van der Waals surface area contributed by atoms with Crippen LogP contribution in [0, 0.1) is 12.7 Å². The van der Waals surface area contributed by atoms with E-state index in [4.69, 9.17) is 10.5 Å². The minimum Gasteiger partial charge on any atom is -0.492 e. The standard InChI is InChI=1S/C12H14FN3O3S2/c1-7-16-8(6-20-7)5-15-21(17,18)9-3-10(13)12(19-2)11(14)4-9/h3-4,6,15H,5,14H2,1-2H3. The summed E-state index contributed by atoms with van der Waals surface area (Å²) in [5.41, 5.74) is 6.09. The van der Waals surface area contributed by atoms with Crippen molar-refractivity contribution < 1.29 is 17.5 Å². The van der Waals surface area contributed by atoms with Crippen molar-refractivity contribution in [1.29, 1.82) is 0 Å². The number of nitrogens with zero attached hydrogens (tertiary/aromatic N) is 1. The van der Waals surface area contributed by atoms with Gasteiger partial charge in [0.2, 0.25) is 10.0 Å². The molecule has 0 aliphatic rings. The van der Waals surface area contributed by atoms with E-state index in [0.717, 1.165) is 17.1 Å². The minimum absolute atomic E-state index is 0.0280. The molecule has 6 nitrogen and oxygen atoms in total. The molecule has 2 aromatic rings. The zero-order valence-electron chi connectivity index (χ0n) is 11.4. The second-order valence-corrected chi connectivity index (χ2v) is 7.04. The molecular formula is C12H14FN3O3S2. The number of hydrogen-bond donors (Lipinski definition) is 2. The highest BCUT2D eigenvalue weighted by atomic mass is 32.2. The summed E-state index contributed by atoms with van der Waals surface area (Å²) in [6.45, 7) is 1.85. The van der Waals surface area contributed by atoms with Crippen molar-refractivity contribution in [2.45, 2.75) is 18.4 Å². The molecule has 0 atom stereocenters. The molecule has 0 amide bonds. The van der Waals surface area contributed by atoms with Crippen molar-refractivity contribution in [2.75, 3.05) is 12.8 Å². The lowest BCUT2D eigenvalue weighted by atomic mass is 10.3. The molecule has 3 N–H and O–H groups in total. The fourth-order valence-corrected chi connectivity index (χ4v) is 3.36. The molecular weight excluding hydrogens is 317 g/mol. The first kappa shape index (κ1) is 15.7. The van der Waals surface area contributed by atoms with Crippen LogP contribution in [-0.2, 0) is 16.6 Å². The fraction of sp³-hybridized carbons (Fsp3) is 0.250. The Labute approximate surface area is 125 Å². The van der Waals surface area contributed by atoms with Crippen molar-refractivity contribution in [3.05, 3.63) is 34.0 Å². The van der Waals surface area contributed by atoms with Gasteiger partial charge >= 0.3 is 0 Å². The van der Waals surface area contributed by atoms with Gasteiger partial charge in [0.25, 0.3) is 0 Å². The van der Waals surface area contributed by atoms with Gasteiger partial charge in [0, 0.05) is 5.38 Å². The molecule has 0 spiro atoms. The highest BCUT2D eigenvalue weighted by Gasteiger charge is 2.19. The van der Waals surface area contributed by atoms with Crippen LogP contribution in [0.2, 0.25) is 0 Å². The molecule has 21 heavy (non-hydrogen) atoms. The Morgan fingerprint density at radius 3 is 2.71 bits per heavy atom. The van der Waals surface area contributed by atoms with Gasteiger partial charge in [-0.25, -0.2) is 22.5 Å². The van der Waals surface area contributed by atoms with Gasteiger partial charge in [-0.1, -0.05) is 0 Å². The lowest BCUT2D eigenvalue weighted by Gasteiger charge is -2.10. The van der Waals surface area contributed by atoms with Crippen LogP contribution < -0.4 is 15.2 Å². The van der Waals surface area contributed by atoms with Crippen LogP contribution in [0.5, 0.6) is 5.75 Å². The molecule has 1 aromatic carbocycles. The summed E-state index contributed by atoms with van der Waals surface area (Å²) in [6.07, 6.45) is 0. The van der Waals surface area contributed by atoms with E-state index in [1.807, 2.05) is 6.92 Å². The van der Waals surface area contributed by atoms with Crippen LogP contribution in [0.3, 0.4) is 0 Å². The zero-order valence-corrected chi connectivity index (χ0v) is 13.0. The molecule has 114 valence electrons. The van der Waals surface area contributed by atoms with E-state index >= 15 is 0 Å². The SMILES string of the molecule is COc1c(N)cc(S(=O)(=O)NCc2csc(C)n2)cc1F. The normalized spacial score (nSPS) is 11.6. The molecule has 2 rings (SSSR count). The molecule has 0 saturated heterocycles. The Bertz CT molecular complexity index is 736. The van der Waals surface area contributed by atoms with Gasteiger partial charge < -0.3 is 10.5 Å². The average Bonchev–Trinajstić information content (AvgIpc) is 2.82. The highest BCUT2D eigenvalue weighted by molar-refractivity contribution is 7.89. The summed E-state index contributed by atoms with van der Waals surface area (Å²) in [7, 11) is -2.62. The van der Waals surface area contributed by atoms with Crippen molar-refractivity contribution in [2.24, 2.45) is 0 Å². The van der Waals surface area contributed by atoms with Gasteiger partial charge in [-0.05, 0) is 19.1 Å². The number of thiazole rings is 1. The Hall–Kier alpha value is -1.71. The number of methoxy groups -OCH3 is 1. The molecule has 0 aliphatic carbocycles. The number of hydrogen-bond acceptors (Lipinski definition) is 6. The monoisotopic (exact) mass is 331 g/mol. The third kappa shape index (κ3) is 3.49. The third-order valence-corrected chi connectivity index (χ3v) is 4.87. The van der Waals surface area contributed by atoms with Crippen LogP contribution in [0.15, 0.2) is 22.4 Å². The Morgan fingerprint density at radius 1 is 1.48 bits per heavy atom. The summed E-state index contributed by atoms with van der Waals surface area (Å²) in [5.74, 6) is -1.01. The first-order valence-corrected chi connectivity index (χ1v) is 8.23. The maximum atomic E-state index is 13.7. The summed E-state index contributed by atoms with van der Waals surface area (Å²) < 4.78 is 45.0. The van der Waals surface area contributed by atoms with E-state index < -0.39 is 15.8 Å². The average molecular weight is 331 g/mol. The van der Waals surface area contributed by atoms with Crippen LogP contribution in [0.25, 0.3) is 0 Å². The van der Waals surface area contributed by atoms with Crippen molar-refractivity contribution >= 4 is 27.0 Å². The molecule has 0 fully saturated rings. The van der Waals surface area contributed by atoms with Crippen LogP contribution in [0.4, 0.5) is 10.1 Å². The first-order chi connectivity index (χ1) is 9.83. The van der Waals surface area contributed by atoms with Crippen LogP contribution in [-0.4, -0.2) is 20.5 Å². The number of anilines is 1. The number of aromatic nitrogens is 1. The number of nitrogen functional groups attached to an aromatic ring is 1.